The quantitative estimate of drug-likeness (QED) is 0.408. The number of hydrogen-bond donors (Lipinski definition) is 3. The number of amides is 2. The molecule has 2 aromatic rings. The van der Waals surface area contributed by atoms with Gasteiger partial charge in [0, 0.05) is 44.2 Å². The SMILES string of the molecule is CC(C)C(=O)N1C(C)CN(CC(=N)N(C)C=N)CC1C(=O)NCc1ccc(-c2ccco2)cc1. The van der Waals surface area contributed by atoms with E-state index in [9.17, 15) is 9.59 Å². The van der Waals surface area contributed by atoms with Crippen molar-refractivity contribution in [3.8, 4) is 11.3 Å². The molecule has 9 heteroatoms. The van der Waals surface area contributed by atoms with E-state index in [2.05, 4.69) is 5.32 Å². The van der Waals surface area contributed by atoms with Crippen molar-refractivity contribution in [2.24, 2.45) is 5.92 Å². The van der Waals surface area contributed by atoms with Gasteiger partial charge in [0.2, 0.25) is 11.8 Å². The average molecular weight is 467 g/mol. The van der Waals surface area contributed by atoms with E-state index >= 15 is 0 Å². The number of rotatable bonds is 8. The third kappa shape index (κ3) is 5.91. The van der Waals surface area contributed by atoms with Crippen LogP contribution < -0.4 is 5.32 Å². The van der Waals surface area contributed by atoms with Gasteiger partial charge in [-0.1, -0.05) is 38.1 Å². The van der Waals surface area contributed by atoms with E-state index in [1.54, 1.807) is 18.2 Å². The van der Waals surface area contributed by atoms with Crippen LogP contribution in [0.1, 0.15) is 26.3 Å². The fraction of sp³-hybridized carbons (Fsp3) is 0.440. The molecule has 2 amide bonds. The number of benzene rings is 1. The molecule has 0 spiro atoms. The minimum Gasteiger partial charge on any atom is -0.464 e. The van der Waals surface area contributed by atoms with Gasteiger partial charge in [-0.3, -0.25) is 25.3 Å². The Kier molecular flexibility index (Phi) is 8.22. The number of nitrogens with one attached hydrogen (secondary N) is 3. The molecule has 1 aliphatic heterocycles. The van der Waals surface area contributed by atoms with Crippen LogP contribution in [-0.2, 0) is 16.1 Å². The zero-order valence-electron chi connectivity index (χ0n) is 20.2. The van der Waals surface area contributed by atoms with Gasteiger partial charge >= 0.3 is 0 Å². The van der Waals surface area contributed by atoms with Gasteiger partial charge < -0.3 is 19.5 Å². The molecular weight excluding hydrogens is 432 g/mol. The molecule has 3 N–H and O–H groups in total. The number of likely N-dealkylation sites (N-methyl/N-ethyl adjacent to an activating group) is 1. The average Bonchev–Trinajstić information content (AvgIpc) is 3.36. The second-order valence-electron chi connectivity index (χ2n) is 9.04. The third-order valence-corrected chi connectivity index (χ3v) is 6.03. The first-order chi connectivity index (χ1) is 16.2. The van der Waals surface area contributed by atoms with E-state index in [0.29, 0.717) is 26.2 Å². The molecule has 2 atom stereocenters. The summed E-state index contributed by atoms with van der Waals surface area (Å²) in [5.41, 5.74) is 1.91. The summed E-state index contributed by atoms with van der Waals surface area (Å²) in [6.07, 6.45) is 2.72. The number of amidine groups is 1. The normalized spacial score (nSPS) is 18.6. The molecule has 9 nitrogen and oxygen atoms in total. The highest BCUT2D eigenvalue weighted by Gasteiger charge is 2.40. The lowest BCUT2D eigenvalue weighted by atomic mass is 10.0. The second kappa shape index (κ2) is 11.1. The molecular formula is C25H34N6O3. The molecule has 0 radical (unpaired) electrons. The first-order valence-corrected chi connectivity index (χ1v) is 11.5. The Bertz CT molecular complexity index is 1000. The highest BCUT2D eigenvalue weighted by atomic mass is 16.3. The van der Waals surface area contributed by atoms with E-state index in [0.717, 1.165) is 23.2 Å². The van der Waals surface area contributed by atoms with Crippen molar-refractivity contribution >= 4 is 24.0 Å². The lowest BCUT2D eigenvalue weighted by molar-refractivity contribution is -0.149. The van der Waals surface area contributed by atoms with Crippen molar-refractivity contribution in [1.82, 2.24) is 20.0 Å². The molecule has 2 unspecified atom stereocenters. The predicted octanol–water partition coefficient (Wildman–Crippen LogP) is 2.64. The van der Waals surface area contributed by atoms with Gasteiger partial charge in [-0.2, -0.15) is 0 Å². The molecule has 182 valence electrons. The van der Waals surface area contributed by atoms with Crippen molar-refractivity contribution in [3.63, 3.8) is 0 Å². The van der Waals surface area contributed by atoms with Crippen LogP contribution in [0.25, 0.3) is 11.3 Å². The first kappa shape index (κ1) is 25.2. The topological polar surface area (TPSA) is 117 Å². The molecule has 1 aromatic heterocycles. The lowest BCUT2D eigenvalue weighted by Gasteiger charge is -2.45. The predicted molar refractivity (Wildman–Crippen MR) is 132 cm³/mol. The van der Waals surface area contributed by atoms with Crippen LogP contribution in [0.4, 0.5) is 0 Å². The summed E-state index contributed by atoms with van der Waals surface area (Å²) in [7, 11) is 1.65. The van der Waals surface area contributed by atoms with Gasteiger partial charge in [-0.25, -0.2) is 0 Å². The standard InChI is InChI=1S/C25H34N6O3/c1-17(2)25(33)31-18(3)13-30(15-23(27)29(4)16-26)14-21(31)24(32)28-12-19-7-9-20(10-8-19)22-6-5-11-34-22/h5-11,16-18,21,26-27H,12-15H2,1-4H3,(H,28,32). The summed E-state index contributed by atoms with van der Waals surface area (Å²) < 4.78 is 5.42. The maximum absolute atomic E-state index is 13.3. The van der Waals surface area contributed by atoms with Crippen LogP contribution in [0.15, 0.2) is 47.1 Å². The summed E-state index contributed by atoms with van der Waals surface area (Å²) in [6.45, 7) is 7.16. The number of carbonyl (C=O) groups excluding carboxylic acids is 2. The Labute approximate surface area is 200 Å². The summed E-state index contributed by atoms with van der Waals surface area (Å²) in [6, 6.07) is 10.7. The van der Waals surface area contributed by atoms with Gasteiger partial charge in [0.1, 0.15) is 17.6 Å². The molecule has 1 fully saturated rings. The number of hydrogen-bond acceptors (Lipinski definition) is 6. The third-order valence-electron chi connectivity index (χ3n) is 6.03. The zero-order valence-corrected chi connectivity index (χ0v) is 20.2. The monoisotopic (exact) mass is 466 g/mol. The van der Waals surface area contributed by atoms with Crippen LogP contribution in [0.3, 0.4) is 0 Å². The molecule has 3 rings (SSSR count). The van der Waals surface area contributed by atoms with Crippen LogP contribution in [-0.4, -0.2) is 77.5 Å². The Hall–Kier alpha value is -3.46. The van der Waals surface area contributed by atoms with Crippen molar-refractivity contribution in [2.45, 2.75) is 39.4 Å². The van der Waals surface area contributed by atoms with E-state index < -0.39 is 6.04 Å². The molecule has 0 saturated carbocycles. The second-order valence-corrected chi connectivity index (χ2v) is 9.04. The van der Waals surface area contributed by atoms with E-state index in [1.807, 2.05) is 62.1 Å². The molecule has 2 heterocycles. The van der Waals surface area contributed by atoms with Gasteiger partial charge in [-0.05, 0) is 24.6 Å². The minimum atomic E-state index is -0.654. The first-order valence-electron chi connectivity index (χ1n) is 11.5. The van der Waals surface area contributed by atoms with Gasteiger partial charge in [0.15, 0.2) is 0 Å². The van der Waals surface area contributed by atoms with Crippen molar-refractivity contribution in [3.05, 3.63) is 48.2 Å². The van der Waals surface area contributed by atoms with Crippen molar-refractivity contribution in [1.29, 1.82) is 10.8 Å². The van der Waals surface area contributed by atoms with Crippen LogP contribution >= 0.6 is 0 Å². The lowest BCUT2D eigenvalue weighted by Crippen LogP contribution is -2.65. The smallest absolute Gasteiger partial charge is 0.244 e. The van der Waals surface area contributed by atoms with Gasteiger partial charge in [-0.15, -0.1) is 0 Å². The van der Waals surface area contributed by atoms with E-state index in [4.69, 9.17) is 15.2 Å². The summed E-state index contributed by atoms with van der Waals surface area (Å²) in [4.78, 5) is 31.4. The van der Waals surface area contributed by atoms with Crippen LogP contribution in [0, 0.1) is 16.7 Å². The zero-order chi connectivity index (χ0) is 24.8. The fourth-order valence-electron chi connectivity index (χ4n) is 4.12. The van der Waals surface area contributed by atoms with Crippen LogP contribution in [0.5, 0.6) is 0 Å². The largest absolute Gasteiger partial charge is 0.464 e. The number of furan rings is 1. The molecule has 34 heavy (non-hydrogen) atoms. The molecule has 1 aliphatic rings. The number of piperazine rings is 1. The van der Waals surface area contributed by atoms with Crippen LogP contribution in [0.2, 0.25) is 0 Å². The highest BCUT2D eigenvalue weighted by molar-refractivity contribution is 5.91. The maximum Gasteiger partial charge on any atom is 0.244 e. The number of carbonyl (C=O) groups is 2. The minimum absolute atomic E-state index is 0.0539. The van der Waals surface area contributed by atoms with E-state index in [1.165, 1.54) is 4.90 Å². The molecule has 0 aliphatic carbocycles. The highest BCUT2D eigenvalue weighted by Crippen LogP contribution is 2.21. The molecule has 0 bridgehead atoms. The summed E-state index contributed by atoms with van der Waals surface area (Å²) in [5.74, 6) is 0.561. The van der Waals surface area contributed by atoms with E-state index in [-0.39, 0.29) is 29.6 Å². The van der Waals surface area contributed by atoms with Crippen molar-refractivity contribution < 1.29 is 14.0 Å². The van der Waals surface area contributed by atoms with Gasteiger partial charge in [0.25, 0.3) is 0 Å². The Balaban J connectivity index is 1.70. The summed E-state index contributed by atoms with van der Waals surface area (Å²) >= 11 is 0. The Morgan fingerprint density at radius 1 is 1.24 bits per heavy atom. The fourth-order valence-corrected chi connectivity index (χ4v) is 4.12. The Morgan fingerprint density at radius 3 is 2.53 bits per heavy atom. The Morgan fingerprint density at radius 2 is 1.94 bits per heavy atom. The summed E-state index contributed by atoms with van der Waals surface area (Å²) in [5, 5.41) is 18.5. The maximum atomic E-state index is 13.3. The number of nitrogens with zero attached hydrogens (tertiary/aromatic N) is 3. The molecule has 1 saturated heterocycles. The molecule has 1 aromatic carbocycles. The van der Waals surface area contributed by atoms with Gasteiger partial charge in [0.05, 0.1) is 19.1 Å². The van der Waals surface area contributed by atoms with Crippen molar-refractivity contribution in [2.75, 3.05) is 26.7 Å².